The summed E-state index contributed by atoms with van der Waals surface area (Å²) in [6.45, 7) is 9.98. The largest absolute Gasteiger partial charge is 0.378 e. The first-order chi connectivity index (χ1) is 14.7. The Morgan fingerprint density at radius 3 is 2.50 bits per heavy atom. The summed E-state index contributed by atoms with van der Waals surface area (Å²) in [5.74, 6) is -0.867. The number of hydrogen-bond acceptors (Lipinski definition) is 8. The first kappa shape index (κ1) is 26.9. The number of aromatic nitrogens is 2. The molecule has 0 bridgehead atoms. The molecule has 0 saturated carbocycles. The Morgan fingerprint density at radius 2 is 2.00 bits per heavy atom. The van der Waals surface area contributed by atoms with Crippen molar-refractivity contribution in [3.05, 3.63) is 33.1 Å². The van der Waals surface area contributed by atoms with Crippen molar-refractivity contribution in [2.75, 3.05) is 13.2 Å². The molecule has 0 aliphatic carbocycles. The Bertz CT molecular complexity index is 941. The molecule has 0 radical (unpaired) electrons. The fourth-order valence-electron chi connectivity index (χ4n) is 3.13. The van der Waals surface area contributed by atoms with Gasteiger partial charge in [0.2, 0.25) is 0 Å². The van der Waals surface area contributed by atoms with E-state index in [0.717, 1.165) is 0 Å². The maximum atomic E-state index is 12.6. The first-order valence-electron chi connectivity index (χ1n) is 10.7. The van der Waals surface area contributed by atoms with E-state index in [1.54, 1.807) is 34.6 Å². The van der Waals surface area contributed by atoms with Crippen LogP contribution in [0.1, 0.15) is 67.0 Å². The van der Waals surface area contributed by atoms with Gasteiger partial charge in [-0.25, -0.2) is 4.79 Å². The fourth-order valence-corrected chi connectivity index (χ4v) is 4.54. The van der Waals surface area contributed by atoms with Crippen LogP contribution >= 0.6 is 7.60 Å². The van der Waals surface area contributed by atoms with Crippen LogP contribution in [0.3, 0.4) is 0 Å². The maximum Gasteiger partial charge on any atom is 0.359 e. The molecular weight excluding hydrogens is 443 g/mol. The zero-order valence-corrected chi connectivity index (χ0v) is 20.4. The molecule has 1 aromatic rings. The lowest BCUT2D eigenvalue weighted by Crippen LogP contribution is -2.40. The highest BCUT2D eigenvalue weighted by Gasteiger charge is 2.46. The van der Waals surface area contributed by atoms with E-state index in [2.05, 4.69) is 4.98 Å². The molecule has 3 N–H and O–H groups in total. The fraction of sp³-hybridized carbons (Fsp3) is 0.800. The molecular formula is C20H35N2O9P. The quantitative estimate of drug-likeness (QED) is 0.406. The molecule has 0 amide bonds. The van der Waals surface area contributed by atoms with Gasteiger partial charge in [0.15, 0.2) is 17.4 Å². The normalized spacial score (nSPS) is 24.9. The Hall–Kier alpha value is -1.33. The van der Waals surface area contributed by atoms with Crippen LogP contribution in [-0.4, -0.2) is 55.6 Å². The minimum absolute atomic E-state index is 0.0368. The minimum Gasteiger partial charge on any atom is -0.378 e. The molecule has 11 nitrogen and oxygen atoms in total. The second kappa shape index (κ2) is 9.89. The zero-order valence-electron chi connectivity index (χ0n) is 19.5. The number of nitrogens with one attached hydrogen (secondary N) is 1. The van der Waals surface area contributed by atoms with Crippen molar-refractivity contribution < 1.29 is 33.3 Å². The number of rotatable bonds is 11. The monoisotopic (exact) mass is 478 g/mol. The highest BCUT2D eigenvalue weighted by atomic mass is 31.2. The maximum absolute atomic E-state index is 12.6. The van der Waals surface area contributed by atoms with Gasteiger partial charge < -0.3 is 28.7 Å². The van der Waals surface area contributed by atoms with E-state index in [9.17, 15) is 24.2 Å². The predicted octanol–water partition coefficient (Wildman–Crippen LogP) is 2.08. The summed E-state index contributed by atoms with van der Waals surface area (Å²) in [4.78, 5) is 36.3. The van der Waals surface area contributed by atoms with Crippen LogP contribution in [0.2, 0.25) is 0 Å². The highest BCUT2D eigenvalue weighted by Crippen LogP contribution is 2.58. The van der Waals surface area contributed by atoms with Crippen LogP contribution in [0.5, 0.6) is 0 Å². The van der Waals surface area contributed by atoms with Gasteiger partial charge in [-0.1, -0.05) is 13.8 Å². The minimum atomic E-state index is -4.35. The summed E-state index contributed by atoms with van der Waals surface area (Å²) in [6, 6.07) is 1.20. The van der Waals surface area contributed by atoms with Crippen molar-refractivity contribution in [3.8, 4) is 0 Å². The van der Waals surface area contributed by atoms with E-state index in [1.165, 1.54) is 23.8 Å². The van der Waals surface area contributed by atoms with E-state index < -0.39 is 47.9 Å². The summed E-state index contributed by atoms with van der Waals surface area (Å²) in [5, 5.41) is 8.37. The Labute approximate surface area is 187 Å². The van der Waals surface area contributed by atoms with Crippen LogP contribution in [0.4, 0.5) is 0 Å². The average molecular weight is 478 g/mol. The van der Waals surface area contributed by atoms with Crippen molar-refractivity contribution in [2.45, 2.75) is 89.9 Å². The lowest BCUT2D eigenvalue weighted by Gasteiger charge is -2.36. The SMILES string of the molecule is CCC(C)(CCO[C@H]([C@H]1COC(C)(C)O1)n1ccc(=O)[nH]c1=O)OP(=O)(O)C(C)(O)CC. The van der Waals surface area contributed by atoms with Crippen LogP contribution in [-0.2, 0) is 23.3 Å². The molecule has 1 aliphatic heterocycles. The number of ether oxygens (including phenoxy) is 3. The lowest BCUT2D eigenvalue weighted by molar-refractivity contribution is -0.170. The molecule has 1 saturated heterocycles. The van der Waals surface area contributed by atoms with E-state index >= 15 is 0 Å². The van der Waals surface area contributed by atoms with Crippen LogP contribution < -0.4 is 11.2 Å². The third-order valence-electron chi connectivity index (χ3n) is 5.76. The highest BCUT2D eigenvalue weighted by molar-refractivity contribution is 7.54. The summed E-state index contributed by atoms with van der Waals surface area (Å²) >= 11 is 0. The van der Waals surface area contributed by atoms with Crippen LogP contribution in [0.25, 0.3) is 0 Å². The number of H-pyrrole nitrogens is 1. The van der Waals surface area contributed by atoms with E-state index in [-0.39, 0.29) is 26.1 Å². The summed E-state index contributed by atoms with van der Waals surface area (Å²) in [5.41, 5.74) is -2.28. The van der Waals surface area contributed by atoms with E-state index in [4.69, 9.17) is 18.7 Å². The molecule has 32 heavy (non-hydrogen) atoms. The second-order valence-corrected chi connectivity index (χ2v) is 11.1. The number of aromatic amines is 1. The first-order valence-corrected chi connectivity index (χ1v) is 12.2. The molecule has 12 heteroatoms. The van der Waals surface area contributed by atoms with Crippen molar-refractivity contribution in [1.29, 1.82) is 0 Å². The smallest absolute Gasteiger partial charge is 0.359 e. The Morgan fingerprint density at radius 1 is 1.34 bits per heavy atom. The summed E-state index contributed by atoms with van der Waals surface area (Å²) in [7, 11) is -4.35. The predicted molar refractivity (Wildman–Crippen MR) is 116 cm³/mol. The summed E-state index contributed by atoms with van der Waals surface area (Å²) in [6.07, 6.45) is 0.382. The van der Waals surface area contributed by atoms with Gasteiger partial charge >= 0.3 is 13.3 Å². The molecule has 5 atom stereocenters. The lowest BCUT2D eigenvalue weighted by atomic mass is 10.0. The standard InChI is InChI=1S/C20H35N2O9P/c1-7-19(5,31-32(26,27)20(6,25)8-2)10-12-28-16(14-13-29-18(3,4)30-14)22-11-9-15(23)21-17(22)24/h9,11,14,16,25H,7-8,10,12-13H2,1-6H3,(H,26,27)(H,21,23,24)/t14-,16-,19?,20?/m1/s1. The van der Waals surface area contributed by atoms with Gasteiger partial charge in [0.1, 0.15) is 6.10 Å². The molecule has 0 aromatic carbocycles. The van der Waals surface area contributed by atoms with Crippen LogP contribution in [0.15, 0.2) is 21.9 Å². The molecule has 1 fully saturated rings. The molecule has 0 spiro atoms. The summed E-state index contributed by atoms with van der Waals surface area (Å²) < 4.78 is 36.8. The van der Waals surface area contributed by atoms with Gasteiger partial charge in [-0.3, -0.25) is 18.9 Å². The van der Waals surface area contributed by atoms with Crippen LogP contribution in [0, 0.1) is 0 Å². The van der Waals surface area contributed by atoms with Crippen molar-refractivity contribution in [2.24, 2.45) is 0 Å². The number of aliphatic hydroxyl groups is 1. The molecule has 2 heterocycles. The van der Waals surface area contributed by atoms with Crippen molar-refractivity contribution >= 4 is 7.60 Å². The van der Waals surface area contributed by atoms with Gasteiger partial charge in [-0.05, 0) is 40.5 Å². The van der Waals surface area contributed by atoms with Gasteiger partial charge in [0.05, 0.1) is 18.8 Å². The van der Waals surface area contributed by atoms with E-state index in [0.29, 0.717) is 6.42 Å². The van der Waals surface area contributed by atoms with Gasteiger partial charge in [0.25, 0.3) is 5.56 Å². The van der Waals surface area contributed by atoms with Gasteiger partial charge in [-0.2, -0.15) is 0 Å². The Balaban J connectivity index is 2.19. The van der Waals surface area contributed by atoms with Crippen molar-refractivity contribution in [3.63, 3.8) is 0 Å². The third kappa shape index (κ3) is 6.38. The second-order valence-electron chi connectivity index (χ2n) is 8.88. The molecule has 2 rings (SSSR count). The molecule has 184 valence electrons. The third-order valence-corrected chi connectivity index (χ3v) is 7.99. The number of nitrogens with zero attached hydrogens (tertiary/aromatic N) is 1. The average Bonchev–Trinajstić information content (AvgIpc) is 3.05. The zero-order chi connectivity index (χ0) is 24.4. The van der Waals surface area contributed by atoms with Gasteiger partial charge in [0, 0.05) is 18.7 Å². The molecule has 1 aromatic heterocycles. The van der Waals surface area contributed by atoms with Gasteiger partial charge in [-0.15, -0.1) is 0 Å². The Kier molecular flexibility index (Phi) is 8.32. The molecule has 3 unspecified atom stereocenters. The van der Waals surface area contributed by atoms with Crippen molar-refractivity contribution in [1.82, 2.24) is 9.55 Å². The number of hydrogen-bond donors (Lipinski definition) is 3. The van der Waals surface area contributed by atoms with E-state index in [1.807, 2.05) is 0 Å². The molecule has 1 aliphatic rings. The topological polar surface area (TPSA) is 149 Å².